The molecule has 2 aliphatic rings. The van der Waals surface area contributed by atoms with Crippen molar-refractivity contribution in [2.75, 3.05) is 13.6 Å². The fraction of sp³-hybridized carbons (Fsp3) is 0.929. The molecule has 2 rings (SSSR count). The Hall–Kier alpha value is -0.260. The Morgan fingerprint density at radius 3 is 2.45 bits per heavy atom. The zero-order chi connectivity index (χ0) is 14.9. The molecule has 0 spiro atoms. The Labute approximate surface area is 126 Å². The summed E-state index contributed by atoms with van der Waals surface area (Å²) in [6, 6.07) is 0. The lowest BCUT2D eigenvalue weighted by molar-refractivity contribution is -0.187. The molecular formula is C14H21BrF3NO. The normalized spacial score (nSPS) is 34.5. The lowest BCUT2D eigenvalue weighted by Crippen LogP contribution is -2.42. The van der Waals surface area contributed by atoms with E-state index in [9.17, 15) is 18.0 Å². The van der Waals surface area contributed by atoms with E-state index in [1.165, 1.54) is 0 Å². The van der Waals surface area contributed by atoms with E-state index in [1.54, 1.807) is 11.9 Å². The molecule has 0 aromatic heterocycles. The van der Waals surface area contributed by atoms with Crippen LogP contribution >= 0.6 is 15.9 Å². The molecule has 20 heavy (non-hydrogen) atoms. The highest BCUT2D eigenvalue weighted by molar-refractivity contribution is 9.09. The molecule has 0 aliphatic heterocycles. The second-order valence-corrected chi connectivity index (χ2v) is 7.55. The van der Waals surface area contributed by atoms with Gasteiger partial charge in [0.05, 0.1) is 5.92 Å². The molecule has 116 valence electrons. The van der Waals surface area contributed by atoms with Gasteiger partial charge in [-0.2, -0.15) is 13.2 Å². The molecule has 2 nitrogen and oxygen atoms in total. The molecule has 0 bridgehead atoms. The van der Waals surface area contributed by atoms with Crippen molar-refractivity contribution in [1.29, 1.82) is 0 Å². The van der Waals surface area contributed by atoms with E-state index in [2.05, 4.69) is 15.9 Å². The van der Waals surface area contributed by atoms with Crippen LogP contribution in [0.25, 0.3) is 0 Å². The smallest absolute Gasteiger partial charge is 0.345 e. The van der Waals surface area contributed by atoms with E-state index in [4.69, 9.17) is 0 Å². The van der Waals surface area contributed by atoms with E-state index in [0.717, 1.165) is 12.8 Å². The van der Waals surface area contributed by atoms with E-state index < -0.39 is 18.0 Å². The Bertz CT molecular complexity index is 355. The van der Waals surface area contributed by atoms with E-state index in [-0.39, 0.29) is 18.7 Å². The highest BCUT2D eigenvalue weighted by atomic mass is 79.9. The fourth-order valence-electron chi connectivity index (χ4n) is 3.30. The molecule has 2 aliphatic carbocycles. The average Bonchev–Trinajstić information content (AvgIpc) is 2.35. The third-order valence-corrected chi connectivity index (χ3v) is 5.32. The van der Waals surface area contributed by atoms with Crippen molar-refractivity contribution in [3.63, 3.8) is 0 Å². The minimum absolute atomic E-state index is 0.0294. The number of rotatable bonds is 3. The molecule has 0 heterocycles. The summed E-state index contributed by atoms with van der Waals surface area (Å²) in [6.45, 7) is 0.675. The topological polar surface area (TPSA) is 20.3 Å². The van der Waals surface area contributed by atoms with Gasteiger partial charge in [0, 0.05) is 24.3 Å². The van der Waals surface area contributed by atoms with Crippen LogP contribution in [0.5, 0.6) is 0 Å². The van der Waals surface area contributed by atoms with Crippen LogP contribution in [0.15, 0.2) is 0 Å². The van der Waals surface area contributed by atoms with Crippen molar-refractivity contribution in [2.24, 2.45) is 17.8 Å². The molecule has 0 saturated heterocycles. The summed E-state index contributed by atoms with van der Waals surface area (Å²) in [6.07, 6.45) is -0.818. The maximum absolute atomic E-state index is 12.8. The molecular weight excluding hydrogens is 335 g/mol. The van der Waals surface area contributed by atoms with Gasteiger partial charge in [-0.25, -0.2) is 0 Å². The SMILES string of the molecule is CN(CC1CC(Br)C1)C(=O)C1CCCC(C(F)(F)F)C1. The Morgan fingerprint density at radius 2 is 1.90 bits per heavy atom. The first-order valence-electron chi connectivity index (χ1n) is 7.23. The maximum Gasteiger partial charge on any atom is 0.391 e. The van der Waals surface area contributed by atoms with Crippen molar-refractivity contribution < 1.29 is 18.0 Å². The Morgan fingerprint density at radius 1 is 1.25 bits per heavy atom. The summed E-state index contributed by atoms with van der Waals surface area (Å²) >= 11 is 3.51. The molecule has 2 fully saturated rings. The first kappa shape index (κ1) is 16.1. The number of hydrogen-bond donors (Lipinski definition) is 0. The molecule has 6 heteroatoms. The summed E-state index contributed by atoms with van der Waals surface area (Å²) in [4.78, 5) is 14.5. The summed E-state index contributed by atoms with van der Waals surface area (Å²) in [5.41, 5.74) is 0. The first-order valence-corrected chi connectivity index (χ1v) is 8.14. The zero-order valence-electron chi connectivity index (χ0n) is 11.6. The minimum atomic E-state index is -4.16. The molecule has 0 N–H and O–H groups in total. The van der Waals surface area contributed by atoms with Crippen LogP contribution in [0.3, 0.4) is 0 Å². The van der Waals surface area contributed by atoms with Crippen LogP contribution in [0.2, 0.25) is 0 Å². The van der Waals surface area contributed by atoms with Gasteiger partial charge in [-0.15, -0.1) is 0 Å². The van der Waals surface area contributed by atoms with E-state index >= 15 is 0 Å². The van der Waals surface area contributed by atoms with Crippen LogP contribution in [0, 0.1) is 17.8 Å². The van der Waals surface area contributed by atoms with Crippen molar-refractivity contribution in [3.05, 3.63) is 0 Å². The third kappa shape index (κ3) is 3.89. The van der Waals surface area contributed by atoms with Gasteiger partial charge in [0.25, 0.3) is 0 Å². The second kappa shape index (κ2) is 6.24. The summed E-state index contributed by atoms with van der Waals surface area (Å²) in [5, 5.41) is 0. The monoisotopic (exact) mass is 355 g/mol. The lowest BCUT2D eigenvalue weighted by atomic mass is 9.80. The van der Waals surface area contributed by atoms with Gasteiger partial charge in [0.2, 0.25) is 5.91 Å². The molecule has 0 aromatic rings. The number of amides is 1. The number of carbonyl (C=O) groups is 1. The molecule has 0 radical (unpaired) electrons. The highest BCUT2D eigenvalue weighted by Gasteiger charge is 2.44. The fourth-order valence-corrected chi connectivity index (χ4v) is 4.36. The van der Waals surface area contributed by atoms with Crippen molar-refractivity contribution in [1.82, 2.24) is 4.90 Å². The van der Waals surface area contributed by atoms with Crippen molar-refractivity contribution in [3.8, 4) is 0 Å². The van der Waals surface area contributed by atoms with Crippen molar-refractivity contribution >= 4 is 21.8 Å². The van der Waals surface area contributed by atoms with Crippen LogP contribution in [-0.2, 0) is 4.79 Å². The number of halogens is 4. The van der Waals surface area contributed by atoms with Crippen LogP contribution in [0.4, 0.5) is 13.2 Å². The lowest BCUT2D eigenvalue weighted by Gasteiger charge is -2.37. The third-order valence-electron chi connectivity index (χ3n) is 4.57. The van der Waals surface area contributed by atoms with Gasteiger partial charge in [-0.3, -0.25) is 4.79 Å². The Balaban J connectivity index is 1.84. The molecule has 1 amide bonds. The predicted octanol–water partition coefficient (Wildman–Crippen LogP) is 3.99. The minimum Gasteiger partial charge on any atom is -0.345 e. The predicted molar refractivity (Wildman–Crippen MR) is 74.6 cm³/mol. The van der Waals surface area contributed by atoms with Gasteiger partial charge < -0.3 is 4.90 Å². The second-order valence-electron chi connectivity index (χ2n) is 6.26. The number of carbonyl (C=O) groups excluding carboxylic acids is 1. The maximum atomic E-state index is 12.8. The molecule has 0 aromatic carbocycles. The summed E-state index contributed by atoms with van der Waals surface area (Å²) in [7, 11) is 1.72. The zero-order valence-corrected chi connectivity index (χ0v) is 13.2. The quantitative estimate of drug-likeness (QED) is 0.701. The standard InChI is InChI=1S/C14H21BrF3NO/c1-19(8-9-5-12(15)6-9)13(20)10-3-2-4-11(7-10)14(16,17)18/h9-12H,2-8H2,1H3. The first-order chi connectivity index (χ1) is 9.27. The van der Waals surface area contributed by atoms with Crippen LogP contribution in [-0.4, -0.2) is 35.4 Å². The van der Waals surface area contributed by atoms with Gasteiger partial charge >= 0.3 is 6.18 Å². The van der Waals surface area contributed by atoms with E-state index in [0.29, 0.717) is 30.1 Å². The molecule has 2 saturated carbocycles. The summed E-state index contributed by atoms with van der Waals surface area (Å²) in [5.74, 6) is -1.35. The van der Waals surface area contributed by atoms with Crippen molar-refractivity contribution in [2.45, 2.75) is 49.5 Å². The molecule has 2 unspecified atom stereocenters. The van der Waals surface area contributed by atoms with E-state index in [1.807, 2.05) is 0 Å². The largest absolute Gasteiger partial charge is 0.391 e. The average molecular weight is 356 g/mol. The van der Waals surface area contributed by atoms with Gasteiger partial charge in [0.1, 0.15) is 0 Å². The molecule has 2 atom stereocenters. The van der Waals surface area contributed by atoms with Crippen LogP contribution < -0.4 is 0 Å². The van der Waals surface area contributed by atoms with Crippen LogP contribution in [0.1, 0.15) is 38.5 Å². The highest BCUT2D eigenvalue weighted by Crippen LogP contribution is 2.40. The number of hydrogen-bond acceptors (Lipinski definition) is 1. The van der Waals surface area contributed by atoms with Gasteiger partial charge in [-0.1, -0.05) is 22.4 Å². The van der Waals surface area contributed by atoms with Gasteiger partial charge in [0.15, 0.2) is 0 Å². The van der Waals surface area contributed by atoms with Gasteiger partial charge in [-0.05, 0) is 38.0 Å². The Kier molecular flexibility index (Phi) is 5.03. The number of alkyl halides is 4. The summed E-state index contributed by atoms with van der Waals surface area (Å²) < 4.78 is 38.3. The number of nitrogens with zero attached hydrogens (tertiary/aromatic N) is 1.